The van der Waals surface area contributed by atoms with Gasteiger partial charge < -0.3 is 9.64 Å². The lowest BCUT2D eigenvalue weighted by Gasteiger charge is -2.23. The third-order valence-corrected chi connectivity index (χ3v) is 4.51. The molecule has 5 heteroatoms. The first kappa shape index (κ1) is 16.2. The second-order valence-electron chi connectivity index (χ2n) is 5.27. The summed E-state index contributed by atoms with van der Waals surface area (Å²) < 4.78 is 5.42. The monoisotopic (exact) mass is 338 g/mol. The van der Waals surface area contributed by atoms with E-state index < -0.39 is 0 Å². The predicted octanol–water partition coefficient (Wildman–Crippen LogP) is 3.99. The van der Waals surface area contributed by atoms with Crippen LogP contribution in [-0.2, 0) is 13.1 Å². The fraction of sp³-hybridized carbons (Fsp3) is 0.158. The summed E-state index contributed by atoms with van der Waals surface area (Å²) in [4.78, 5) is 20.0. The summed E-state index contributed by atoms with van der Waals surface area (Å²) in [5.74, 6) is 0.692. The Morgan fingerprint density at radius 3 is 2.62 bits per heavy atom. The van der Waals surface area contributed by atoms with Gasteiger partial charge in [0.15, 0.2) is 0 Å². The minimum absolute atomic E-state index is 0.0880. The molecule has 24 heavy (non-hydrogen) atoms. The lowest BCUT2D eigenvalue weighted by atomic mass is 10.1. The molecule has 3 rings (SSSR count). The van der Waals surface area contributed by atoms with Crippen molar-refractivity contribution < 1.29 is 9.53 Å². The molecule has 0 aliphatic heterocycles. The van der Waals surface area contributed by atoms with Crippen molar-refractivity contribution in [2.75, 3.05) is 7.11 Å². The molecule has 0 N–H and O–H groups in total. The van der Waals surface area contributed by atoms with E-state index in [0.29, 0.717) is 18.8 Å². The van der Waals surface area contributed by atoms with Crippen molar-refractivity contribution >= 4 is 17.2 Å². The third kappa shape index (κ3) is 3.81. The van der Waals surface area contributed by atoms with Crippen molar-refractivity contribution in [3.05, 3.63) is 82.3 Å². The summed E-state index contributed by atoms with van der Waals surface area (Å²) in [6.45, 7) is 1.02. The van der Waals surface area contributed by atoms with E-state index in [2.05, 4.69) is 4.98 Å². The molecule has 4 nitrogen and oxygen atoms in total. The van der Waals surface area contributed by atoms with Crippen LogP contribution in [-0.4, -0.2) is 22.9 Å². The van der Waals surface area contributed by atoms with E-state index in [4.69, 9.17) is 4.74 Å². The largest absolute Gasteiger partial charge is 0.496 e. The van der Waals surface area contributed by atoms with E-state index in [9.17, 15) is 4.79 Å². The van der Waals surface area contributed by atoms with Crippen molar-refractivity contribution in [2.45, 2.75) is 13.1 Å². The molecule has 0 spiro atoms. The number of hydrogen-bond donors (Lipinski definition) is 0. The van der Waals surface area contributed by atoms with Gasteiger partial charge in [-0.2, -0.15) is 0 Å². The molecular weight excluding hydrogens is 320 g/mol. The van der Waals surface area contributed by atoms with Crippen LogP contribution in [0.3, 0.4) is 0 Å². The van der Waals surface area contributed by atoms with Crippen LogP contribution in [0.1, 0.15) is 20.9 Å². The van der Waals surface area contributed by atoms with Crippen molar-refractivity contribution in [2.24, 2.45) is 0 Å². The van der Waals surface area contributed by atoms with E-state index in [1.165, 1.54) is 0 Å². The summed E-state index contributed by atoms with van der Waals surface area (Å²) in [6.07, 6.45) is 1.64. The molecule has 2 heterocycles. The summed E-state index contributed by atoms with van der Waals surface area (Å²) in [5, 5.41) is 2.02. The maximum atomic E-state index is 12.9. The molecule has 0 fully saturated rings. The SMILES string of the molecule is COc1ccccc1CN(Cc1cccs1)C(=O)c1ccccn1. The van der Waals surface area contributed by atoms with Crippen molar-refractivity contribution in [1.82, 2.24) is 9.88 Å². The molecule has 2 aromatic heterocycles. The number of benzene rings is 1. The van der Waals surface area contributed by atoms with Crippen LogP contribution in [0.4, 0.5) is 0 Å². The summed E-state index contributed by atoms with van der Waals surface area (Å²) in [5.41, 5.74) is 1.42. The van der Waals surface area contributed by atoms with Gasteiger partial charge in [-0.05, 0) is 29.6 Å². The molecule has 0 aliphatic rings. The number of nitrogens with zero attached hydrogens (tertiary/aromatic N) is 2. The molecule has 0 bridgehead atoms. The first-order chi connectivity index (χ1) is 11.8. The Morgan fingerprint density at radius 1 is 1.08 bits per heavy atom. The number of rotatable bonds is 6. The molecular formula is C19H18N2O2S. The molecule has 0 aliphatic carbocycles. The van der Waals surface area contributed by atoms with Crippen molar-refractivity contribution in [3.63, 3.8) is 0 Å². The topological polar surface area (TPSA) is 42.4 Å². The van der Waals surface area contributed by atoms with Crippen LogP contribution in [0.5, 0.6) is 5.75 Å². The van der Waals surface area contributed by atoms with Gasteiger partial charge in [0.1, 0.15) is 11.4 Å². The number of ether oxygens (including phenoxy) is 1. The van der Waals surface area contributed by atoms with Crippen LogP contribution < -0.4 is 4.74 Å². The highest BCUT2D eigenvalue weighted by molar-refractivity contribution is 7.09. The van der Waals surface area contributed by atoms with Crippen LogP contribution >= 0.6 is 11.3 Å². The van der Waals surface area contributed by atoms with Crippen LogP contribution in [0.15, 0.2) is 66.2 Å². The van der Waals surface area contributed by atoms with Gasteiger partial charge in [-0.25, -0.2) is 0 Å². The number of methoxy groups -OCH3 is 1. The second-order valence-corrected chi connectivity index (χ2v) is 6.30. The molecule has 0 saturated carbocycles. The Labute approximate surface area is 145 Å². The first-order valence-corrected chi connectivity index (χ1v) is 8.50. The zero-order valence-corrected chi connectivity index (χ0v) is 14.2. The van der Waals surface area contributed by atoms with Gasteiger partial charge >= 0.3 is 0 Å². The summed E-state index contributed by atoms with van der Waals surface area (Å²) in [6, 6.07) is 17.2. The lowest BCUT2D eigenvalue weighted by Crippen LogP contribution is -2.30. The molecule has 0 unspecified atom stereocenters. The molecule has 1 aromatic carbocycles. The fourth-order valence-corrected chi connectivity index (χ4v) is 3.20. The zero-order valence-electron chi connectivity index (χ0n) is 13.4. The molecule has 0 radical (unpaired) electrons. The minimum Gasteiger partial charge on any atom is -0.496 e. The molecule has 1 amide bonds. The van der Waals surface area contributed by atoms with Crippen LogP contribution in [0.25, 0.3) is 0 Å². The Morgan fingerprint density at radius 2 is 1.92 bits per heavy atom. The fourth-order valence-electron chi connectivity index (χ4n) is 2.48. The highest BCUT2D eigenvalue weighted by atomic mass is 32.1. The molecule has 3 aromatic rings. The number of pyridine rings is 1. The van der Waals surface area contributed by atoms with E-state index in [1.54, 1.807) is 41.7 Å². The number of carbonyl (C=O) groups is 1. The van der Waals surface area contributed by atoms with Gasteiger partial charge in [0.2, 0.25) is 0 Å². The first-order valence-electron chi connectivity index (χ1n) is 7.62. The summed E-state index contributed by atoms with van der Waals surface area (Å²) in [7, 11) is 1.64. The van der Waals surface area contributed by atoms with E-state index in [0.717, 1.165) is 16.2 Å². The average Bonchev–Trinajstić information content (AvgIpc) is 3.15. The molecule has 0 atom stereocenters. The number of hydrogen-bond acceptors (Lipinski definition) is 4. The Hall–Kier alpha value is -2.66. The number of amides is 1. The number of carbonyl (C=O) groups excluding carboxylic acids is 1. The predicted molar refractivity (Wildman–Crippen MR) is 95.1 cm³/mol. The highest BCUT2D eigenvalue weighted by Gasteiger charge is 2.19. The minimum atomic E-state index is -0.0880. The van der Waals surface area contributed by atoms with Gasteiger partial charge in [-0.15, -0.1) is 11.3 Å². The Balaban J connectivity index is 1.88. The van der Waals surface area contributed by atoms with Gasteiger partial charge in [0.05, 0.1) is 20.2 Å². The van der Waals surface area contributed by atoms with E-state index in [-0.39, 0.29) is 5.91 Å². The number of para-hydroxylation sites is 1. The lowest BCUT2D eigenvalue weighted by molar-refractivity contribution is 0.0724. The Kier molecular flexibility index (Phi) is 5.23. The highest BCUT2D eigenvalue weighted by Crippen LogP contribution is 2.22. The maximum absolute atomic E-state index is 12.9. The molecule has 122 valence electrons. The average molecular weight is 338 g/mol. The second kappa shape index (κ2) is 7.75. The molecule has 0 saturated heterocycles. The van der Waals surface area contributed by atoms with Gasteiger partial charge in [0, 0.05) is 16.6 Å². The quantitative estimate of drug-likeness (QED) is 0.682. The number of thiophene rings is 1. The third-order valence-electron chi connectivity index (χ3n) is 3.65. The van der Waals surface area contributed by atoms with E-state index >= 15 is 0 Å². The number of aromatic nitrogens is 1. The normalized spacial score (nSPS) is 10.4. The standard InChI is InChI=1S/C19H18N2O2S/c1-23-18-10-3-2-7-15(18)13-21(14-16-8-6-12-24-16)19(22)17-9-4-5-11-20-17/h2-12H,13-14H2,1H3. The van der Waals surface area contributed by atoms with Crippen LogP contribution in [0, 0.1) is 0 Å². The zero-order chi connectivity index (χ0) is 16.8. The van der Waals surface area contributed by atoms with Crippen molar-refractivity contribution in [3.8, 4) is 5.75 Å². The van der Waals surface area contributed by atoms with Gasteiger partial charge in [-0.1, -0.05) is 30.3 Å². The van der Waals surface area contributed by atoms with Crippen molar-refractivity contribution in [1.29, 1.82) is 0 Å². The smallest absolute Gasteiger partial charge is 0.273 e. The van der Waals surface area contributed by atoms with Crippen LogP contribution in [0.2, 0.25) is 0 Å². The van der Waals surface area contributed by atoms with Gasteiger partial charge in [-0.3, -0.25) is 9.78 Å². The maximum Gasteiger partial charge on any atom is 0.273 e. The van der Waals surface area contributed by atoms with E-state index in [1.807, 2.05) is 47.8 Å². The summed E-state index contributed by atoms with van der Waals surface area (Å²) >= 11 is 1.64. The Bertz CT molecular complexity index is 788. The van der Waals surface area contributed by atoms with Gasteiger partial charge in [0.25, 0.3) is 5.91 Å².